The summed E-state index contributed by atoms with van der Waals surface area (Å²) in [6, 6.07) is 0. The lowest BCUT2D eigenvalue weighted by Crippen LogP contribution is -2.40. The Labute approximate surface area is 99.3 Å². The molecule has 1 aromatic heterocycles. The monoisotopic (exact) mass is 242 g/mol. The van der Waals surface area contributed by atoms with E-state index >= 15 is 0 Å². The van der Waals surface area contributed by atoms with E-state index in [1.807, 2.05) is 20.8 Å². The van der Waals surface area contributed by atoms with Crippen LogP contribution in [0.3, 0.4) is 0 Å². The van der Waals surface area contributed by atoms with Gasteiger partial charge in [0.05, 0.1) is 4.90 Å². The molecule has 1 rings (SSSR count). The minimum atomic E-state index is -0.0556. The Morgan fingerprint density at radius 2 is 1.50 bits per heavy atom. The summed E-state index contributed by atoms with van der Waals surface area (Å²) in [4.78, 5) is 24.7. The molecule has 0 fully saturated rings. The predicted octanol–water partition coefficient (Wildman–Crippen LogP) is 1.47. The van der Waals surface area contributed by atoms with Gasteiger partial charge in [-0.3, -0.25) is 9.59 Å². The number of rotatable bonds is 4. The molecule has 0 saturated heterocycles. The van der Waals surface area contributed by atoms with Gasteiger partial charge in [0.15, 0.2) is 0 Å². The summed E-state index contributed by atoms with van der Waals surface area (Å²) >= 11 is 1.44. The number of nitrogens with zero attached hydrogens (tertiary/aromatic N) is 2. The quantitative estimate of drug-likeness (QED) is 0.751. The van der Waals surface area contributed by atoms with Gasteiger partial charge < -0.3 is 0 Å². The van der Waals surface area contributed by atoms with Crippen molar-refractivity contribution in [3.63, 3.8) is 0 Å². The zero-order valence-corrected chi connectivity index (χ0v) is 11.1. The fourth-order valence-corrected chi connectivity index (χ4v) is 2.55. The highest BCUT2D eigenvalue weighted by Gasteiger charge is 2.14. The van der Waals surface area contributed by atoms with Crippen molar-refractivity contribution in [3.05, 3.63) is 26.3 Å². The Hall–Kier alpha value is -0.970. The van der Waals surface area contributed by atoms with E-state index < -0.39 is 0 Å². The van der Waals surface area contributed by atoms with E-state index in [0.717, 1.165) is 5.75 Å². The second kappa shape index (κ2) is 5.39. The van der Waals surface area contributed by atoms with Crippen LogP contribution in [-0.2, 0) is 13.1 Å². The van der Waals surface area contributed by atoms with Crippen LogP contribution >= 0.6 is 11.8 Å². The summed E-state index contributed by atoms with van der Waals surface area (Å²) < 4.78 is 3.03. The van der Waals surface area contributed by atoms with Crippen molar-refractivity contribution in [1.29, 1.82) is 0 Å². The highest BCUT2D eigenvalue weighted by atomic mass is 32.2. The van der Waals surface area contributed by atoms with Crippen molar-refractivity contribution < 1.29 is 0 Å². The number of hydrogen-bond donors (Lipinski definition) is 0. The molecule has 0 N–H and O–H groups in total. The Balaban J connectivity index is 3.63. The number of hydrogen-bond acceptors (Lipinski definition) is 3. The molecule has 0 aliphatic heterocycles. The van der Waals surface area contributed by atoms with Gasteiger partial charge in [0, 0.05) is 18.7 Å². The Bertz CT molecular complexity index is 488. The van der Waals surface area contributed by atoms with Crippen molar-refractivity contribution in [2.24, 2.45) is 0 Å². The first-order valence-corrected chi connectivity index (χ1v) is 6.54. The van der Waals surface area contributed by atoms with E-state index in [9.17, 15) is 9.59 Å². The standard InChI is InChI=1S/C11H18N2O2S/c1-5-12-10(14)8(4)9(16-7-3)11(15)13(12)6-2/h5-7H2,1-4H3. The van der Waals surface area contributed by atoms with Crippen molar-refractivity contribution in [3.8, 4) is 0 Å². The summed E-state index contributed by atoms with van der Waals surface area (Å²) in [7, 11) is 0. The van der Waals surface area contributed by atoms with Crippen LogP contribution < -0.4 is 11.1 Å². The van der Waals surface area contributed by atoms with E-state index in [1.54, 1.807) is 6.92 Å². The number of aromatic nitrogens is 2. The topological polar surface area (TPSA) is 44.0 Å². The van der Waals surface area contributed by atoms with E-state index in [2.05, 4.69) is 0 Å². The van der Waals surface area contributed by atoms with Gasteiger partial charge in [0.1, 0.15) is 0 Å². The molecule has 0 radical (unpaired) electrons. The summed E-state index contributed by atoms with van der Waals surface area (Å²) in [6.45, 7) is 8.51. The first-order valence-electron chi connectivity index (χ1n) is 5.55. The predicted molar refractivity (Wildman–Crippen MR) is 67.4 cm³/mol. The lowest BCUT2D eigenvalue weighted by atomic mass is 10.3. The second-order valence-corrected chi connectivity index (χ2v) is 4.70. The van der Waals surface area contributed by atoms with Crippen molar-refractivity contribution in [1.82, 2.24) is 9.36 Å². The molecule has 4 nitrogen and oxygen atoms in total. The minimum Gasteiger partial charge on any atom is -0.268 e. The van der Waals surface area contributed by atoms with Gasteiger partial charge in [-0.1, -0.05) is 6.92 Å². The maximum absolute atomic E-state index is 12.1. The van der Waals surface area contributed by atoms with Crippen LogP contribution in [0.4, 0.5) is 0 Å². The van der Waals surface area contributed by atoms with E-state index in [4.69, 9.17) is 0 Å². The van der Waals surface area contributed by atoms with Gasteiger partial charge in [-0.05, 0) is 26.5 Å². The molecule has 0 aliphatic carbocycles. The van der Waals surface area contributed by atoms with Crippen LogP contribution in [0.2, 0.25) is 0 Å². The van der Waals surface area contributed by atoms with Gasteiger partial charge in [0.25, 0.3) is 11.1 Å². The molecule has 16 heavy (non-hydrogen) atoms. The highest BCUT2D eigenvalue weighted by Crippen LogP contribution is 2.14. The molecule has 90 valence electrons. The smallest absolute Gasteiger partial charge is 0.268 e. The fraction of sp³-hybridized carbons (Fsp3) is 0.636. The zero-order chi connectivity index (χ0) is 12.3. The van der Waals surface area contributed by atoms with Gasteiger partial charge in [-0.25, -0.2) is 9.36 Å². The lowest BCUT2D eigenvalue weighted by Gasteiger charge is -2.15. The first kappa shape index (κ1) is 13.1. The molecule has 0 aliphatic rings. The van der Waals surface area contributed by atoms with Crippen LogP contribution in [0.15, 0.2) is 14.5 Å². The van der Waals surface area contributed by atoms with Crippen LogP contribution in [0.25, 0.3) is 0 Å². The molecule has 1 heterocycles. The lowest BCUT2D eigenvalue weighted by molar-refractivity contribution is 0.431. The van der Waals surface area contributed by atoms with Crippen LogP contribution in [0.5, 0.6) is 0 Å². The maximum atomic E-state index is 12.1. The minimum absolute atomic E-state index is 0.0479. The van der Waals surface area contributed by atoms with E-state index in [1.165, 1.54) is 21.1 Å². The third-order valence-electron chi connectivity index (χ3n) is 2.50. The zero-order valence-electron chi connectivity index (χ0n) is 10.2. The summed E-state index contributed by atoms with van der Waals surface area (Å²) in [5, 5.41) is 0. The van der Waals surface area contributed by atoms with E-state index in [-0.39, 0.29) is 11.1 Å². The molecule has 0 amide bonds. The van der Waals surface area contributed by atoms with Gasteiger partial charge in [0.2, 0.25) is 0 Å². The van der Waals surface area contributed by atoms with Gasteiger partial charge >= 0.3 is 0 Å². The van der Waals surface area contributed by atoms with Crippen molar-refractivity contribution in [2.45, 2.75) is 45.7 Å². The molecule has 0 bridgehead atoms. The average molecular weight is 242 g/mol. The van der Waals surface area contributed by atoms with E-state index in [0.29, 0.717) is 23.5 Å². The SMILES string of the molecule is CCSc1c(C)c(=O)n(CC)n(CC)c1=O. The summed E-state index contributed by atoms with van der Waals surface area (Å²) in [5.41, 5.74) is 0.469. The van der Waals surface area contributed by atoms with Crippen LogP contribution in [0.1, 0.15) is 26.3 Å². The third-order valence-corrected chi connectivity index (χ3v) is 3.56. The molecule has 0 spiro atoms. The van der Waals surface area contributed by atoms with Gasteiger partial charge in [-0.2, -0.15) is 0 Å². The fourth-order valence-electron chi connectivity index (χ4n) is 1.73. The van der Waals surface area contributed by atoms with Gasteiger partial charge in [-0.15, -0.1) is 11.8 Å². The molecule has 1 aromatic rings. The van der Waals surface area contributed by atoms with Crippen LogP contribution in [0, 0.1) is 6.92 Å². The highest BCUT2D eigenvalue weighted by molar-refractivity contribution is 7.99. The maximum Gasteiger partial charge on any atom is 0.279 e. The molecular weight excluding hydrogens is 224 g/mol. The summed E-state index contributed by atoms with van der Waals surface area (Å²) in [6.07, 6.45) is 0. The Kier molecular flexibility index (Phi) is 4.41. The molecule has 0 saturated carbocycles. The Morgan fingerprint density at radius 1 is 1.00 bits per heavy atom. The molecule has 0 unspecified atom stereocenters. The Morgan fingerprint density at radius 3 is 1.94 bits per heavy atom. The second-order valence-electron chi connectivity index (χ2n) is 3.43. The normalized spacial score (nSPS) is 10.8. The van der Waals surface area contributed by atoms with Crippen LogP contribution in [-0.4, -0.2) is 15.1 Å². The number of thioether (sulfide) groups is 1. The molecular formula is C11H18N2O2S. The van der Waals surface area contributed by atoms with Crippen molar-refractivity contribution >= 4 is 11.8 Å². The summed E-state index contributed by atoms with van der Waals surface area (Å²) in [5.74, 6) is 0.801. The molecule has 5 heteroatoms. The molecule has 0 atom stereocenters. The first-order chi connectivity index (χ1) is 7.58. The average Bonchev–Trinajstić information content (AvgIpc) is 2.29. The largest absolute Gasteiger partial charge is 0.279 e. The van der Waals surface area contributed by atoms with Crippen molar-refractivity contribution in [2.75, 3.05) is 5.75 Å². The molecule has 0 aromatic carbocycles. The third kappa shape index (κ3) is 2.09.